The Morgan fingerprint density at radius 3 is 2.67 bits per heavy atom. The maximum Gasteiger partial charge on any atom is 0.410 e. The monoisotopic (exact) mass is 303 g/mol. The lowest BCUT2D eigenvalue weighted by Crippen LogP contribution is -2.26. The Bertz CT molecular complexity index is 657. The first kappa shape index (κ1) is 13.6. The summed E-state index contributed by atoms with van der Waals surface area (Å²) in [6.07, 6.45) is -0.376. The molecule has 1 amide bonds. The summed E-state index contributed by atoms with van der Waals surface area (Å²) in [6.45, 7) is 1.07. The summed E-state index contributed by atoms with van der Waals surface area (Å²) in [5, 5.41) is 8.93. The van der Waals surface area contributed by atoms with E-state index in [2.05, 4.69) is 0 Å². The summed E-state index contributed by atoms with van der Waals surface area (Å²) in [5.74, 6) is -0.924. The Kier molecular flexibility index (Phi) is 3.62. The average Bonchev–Trinajstić information content (AvgIpc) is 3.04. The minimum absolute atomic E-state index is 0.240. The molecule has 0 spiro atoms. The van der Waals surface area contributed by atoms with Crippen molar-refractivity contribution < 1.29 is 19.4 Å². The smallest absolute Gasteiger partial charge is 0.410 e. The van der Waals surface area contributed by atoms with Crippen LogP contribution in [0.15, 0.2) is 36.4 Å². The number of carbonyl (C=O) groups excluding carboxylic acids is 1. The molecule has 1 aliphatic rings. The molecule has 0 bridgehead atoms. The van der Waals surface area contributed by atoms with Crippen LogP contribution in [-0.4, -0.2) is 22.1 Å². The number of nitrogens with zero attached hydrogens (tertiary/aromatic N) is 1. The van der Waals surface area contributed by atoms with Gasteiger partial charge < -0.3 is 9.84 Å². The van der Waals surface area contributed by atoms with Gasteiger partial charge in [0.1, 0.15) is 11.5 Å². The summed E-state index contributed by atoms with van der Waals surface area (Å²) in [6, 6.07) is 11.1. The van der Waals surface area contributed by atoms with Gasteiger partial charge in [-0.3, -0.25) is 4.90 Å². The predicted octanol–water partition coefficient (Wildman–Crippen LogP) is 3.10. The molecule has 2 heterocycles. The van der Waals surface area contributed by atoms with Crippen LogP contribution in [-0.2, 0) is 24.4 Å². The van der Waals surface area contributed by atoms with Gasteiger partial charge in [-0.1, -0.05) is 30.3 Å². The first-order chi connectivity index (χ1) is 10.1. The van der Waals surface area contributed by atoms with Crippen molar-refractivity contribution in [3.05, 3.63) is 57.3 Å². The maximum absolute atomic E-state index is 12.0. The normalized spacial score (nSPS) is 13.0. The SMILES string of the molecule is O=C(O)c1cc2c(s1)CN(C(=O)OCc1ccccc1)C2. The molecule has 0 saturated carbocycles. The van der Waals surface area contributed by atoms with E-state index in [0.29, 0.717) is 18.0 Å². The Labute approximate surface area is 125 Å². The summed E-state index contributed by atoms with van der Waals surface area (Å²) < 4.78 is 5.27. The van der Waals surface area contributed by atoms with Crippen molar-refractivity contribution in [2.24, 2.45) is 0 Å². The summed E-state index contributed by atoms with van der Waals surface area (Å²) in [4.78, 5) is 25.7. The first-order valence-corrected chi connectivity index (χ1v) is 7.25. The van der Waals surface area contributed by atoms with E-state index < -0.39 is 5.97 Å². The van der Waals surface area contributed by atoms with Gasteiger partial charge in [0.25, 0.3) is 0 Å². The molecule has 1 aromatic carbocycles. The van der Waals surface area contributed by atoms with Crippen molar-refractivity contribution >= 4 is 23.4 Å². The highest BCUT2D eigenvalue weighted by molar-refractivity contribution is 7.14. The third-order valence-electron chi connectivity index (χ3n) is 3.27. The highest BCUT2D eigenvalue weighted by Gasteiger charge is 2.27. The second-order valence-electron chi connectivity index (χ2n) is 4.76. The van der Waals surface area contributed by atoms with Crippen molar-refractivity contribution in [3.63, 3.8) is 0 Å². The number of benzene rings is 1. The predicted molar refractivity (Wildman–Crippen MR) is 77.2 cm³/mol. The van der Waals surface area contributed by atoms with Crippen LogP contribution >= 0.6 is 11.3 Å². The number of hydrogen-bond donors (Lipinski definition) is 1. The number of aromatic carboxylic acids is 1. The zero-order valence-corrected chi connectivity index (χ0v) is 11.9. The van der Waals surface area contributed by atoms with Crippen LogP contribution in [0.5, 0.6) is 0 Å². The third-order valence-corrected chi connectivity index (χ3v) is 4.42. The molecule has 0 atom stereocenters. The van der Waals surface area contributed by atoms with E-state index in [0.717, 1.165) is 16.0 Å². The van der Waals surface area contributed by atoms with Crippen LogP contribution in [0.2, 0.25) is 0 Å². The molecular formula is C15H13NO4S. The lowest BCUT2D eigenvalue weighted by Gasteiger charge is -2.15. The largest absolute Gasteiger partial charge is 0.477 e. The summed E-state index contributed by atoms with van der Waals surface area (Å²) >= 11 is 1.22. The molecule has 0 radical (unpaired) electrons. The molecule has 1 aromatic heterocycles. The summed E-state index contributed by atoms with van der Waals surface area (Å²) in [5.41, 5.74) is 1.84. The molecule has 2 aromatic rings. The van der Waals surface area contributed by atoms with E-state index in [4.69, 9.17) is 9.84 Å². The van der Waals surface area contributed by atoms with Crippen molar-refractivity contribution in [1.82, 2.24) is 4.90 Å². The van der Waals surface area contributed by atoms with Gasteiger partial charge in [-0.05, 0) is 17.2 Å². The molecular weight excluding hydrogens is 290 g/mol. The lowest BCUT2D eigenvalue weighted by atomic mass is 10.2. The van der Waals surface area contributed by atoms with Crippen LogP contribution < -0.4 is 0 Å². The first-order valence-electron chi connectivity index (χ1n) is 6.44. The number of carboxylic acid groups (broad SMARTS) is 1. The standard InChI is InChI=1S/C15H13NO4S/c17-14(18)12-6-11-7-16(8-13(11)21-12)15(19)20-9-10-4-2-1-3-5-10/h1-6H,7-9H2,(H,17,18). The van der Waals surface area contributed by atoms with E-state index in [1.807, 2.05) is 30.3 Å². The Morgan fingerprint density at radius 1 is 1.24 bits per heavy atom. The molecule has 5 nitrogen and oxygen atoms in total. The number of fused-ring (bicyclic) bond motifs is 1. The van der Waals surface area contributed by atoms with Gasteiger partial charge >= 0.3 is 12.1 Å². The zero-order valence-electron chi connectivity index (χ0n) is 11.1. The Balaban J connectivity index is 1.58. The van der Waals surface area contributed by atoms with Crippen molar-refractivity contribution in [2.75, 3.05) is 0 Å². The Hall–Kier alpha value is -2.34. The topological polar surface area (TPSA) is 66.8 Å². The highest BCUT2D eigenvalue weighted by Crippen LogP contribution is 2.31. The van der Waals surface area contributed by atoms with Crippen LogP contribution in [0, 0.1) is 0 Å². The lowest BCUT2D eigenvalue weighted by molar-refractivity contribution is 0.0702. The average molecular weight is 303 g/mol. The molecule has 0 aliphatic carbocycles. The quantitative estimate of drug-likeness (QED) is 0.946. The third kappa shape index (κ3) is 2.90. The Morgan fingerprint density at radius 2 is 2.00 bits per heavy atom. The molecule has 6 heteroatoms. The van der Waals surface area contributed by atoms with E-state index in [1.165, 1.54) is 11.3 Å². The fourth-order valence-electron chi connectivity index (χ4n) is 2.21. The van der Waals surface area contributed by atoms with Gasteiger partial charge in [-0.25, -0.2) is 9.59 Å². The van der Waals surface area contributed by atoms with Gasteiger partial charge in [0.05, 0.1) is 13.1 Å². The molecule has 108 valence electrons. The summed E-state index contributed by atoms with van der Waals surface area (Å²) in [7, 11) is 0. The zero-order chi connectivity index (χ0) is 14.8. The van der Waals surface area contributed by atoms with E-state index in [1.54, 1.807) is 11.0 Å². The van der Waals surface area contributed by atoms with Gasteiger partial charge in [-0.2, -0.15) is 0 Å². The van der Waals surface area contributed by atoms with Crippen LogP contribution in [0.3, 0.4) is 0 Å². The number of carbonyl (C=O) groups is 2. The van der Waals surface area contributed by atoms with Gasteiger partial charge in [0.15, 0.2) is 0 Å². The fourth-order valence-corrected chi connectivity index (χ4v) is 3.24. The van der Waals surface area contributed by atoms with Crippen LogP contribution in [0.1, 0.15) is 25.7 Å². The minimum atomic E-state index is -0.924. The van der Waals surface area contributed by atoms with Crippen LogP contribution in [0.4, 0.5) is 4.79 Å². The van der Waals surface area contributed by atoms with Gasteiger partial charge in [0, 0.05) is 4.88 Å². The molecule has 3 rings (SSSR count). The van der Waals surface area contributed by atoms with Gasteiger partial charge in [-0.15, -0.1) is 11.3 Å². The minimum Gasteiger partial charge on any atom is -0.477 e. The molecule has 1 aliphatic heterocycles. The van der Waals surface area contributed by atoms with Crippen molar-refractivity contribution in [1.29, 1.82) is 0 Å². The number of hydrogen-bond acceptors (Lipinski definition) is 4. The number of rotatable bonds is 3. The molecule has 0 saturated heterocycles. The van der Waals surface area contributed by atoms with E-state index >= 15 is 0 Å². The second kappa shape index (κ2) is 5.57. The van der Waals surface area contributed by atoms with Crippen LogP contribution in [0.25, 0.3) is 0 Å². The maximum atomic E-state index is 12.0. The molecule has 0 fully saturated rings. The van der Waals surface area contributed by atoms with E-state index in [-0.39, 0.29) is 12.7 Å². The second-order valence-corrected chi connectivity index (χ2v) is 5.90. The van der Waals surface area contributed by atoms with Crippen molar-refractivity contribution in [3.8, 4) is 0 Å². The number of ether oxygens (including phenoxy) is 1. The number of carboxylic acids is 1. The molecule has 0 unspecified atom stereocenters. The van der Waals surface area contributed by atoms with E-state index in [9.17, 15) is 9.59 Å². The fraction of sp³-hybridized carbons (Fsp3) is 0.200. The number of amides is 1. The molecule has 21 heavy (non-hydrogen) atoms. The molecule has 1 N–H and O–H groups in total. The number of thiophene rings is 1. The van der Waals surface area contributed by atoms with Crippen molar-refractivity contribution in [2.45, 2.75) is 19.7 Å². The van der Waals surface area contributed by atoms with Gasteiger partial charge in [0.2, 0.25) is 0 Å². The highest BCUT2D eigenvalue weighted by atomic mass is 32.1.